The van der Waals surface area contributed by atoms with E-state index >= 15 is 0 Å². The zero-order valence-corrected chi connectivity index (χ0v) is 19.4. The molecule has 0 atom stereocenters. The molecule has 2 fully saturated rings. The zero-order chi connectivity index (χ0) is 22.9. The quantitative estimate of drug-likeness (QED) is 0.480. The maximum absolute atomic E-state index is 13.0. The molecule has 0 aliphatic carbocycles. The smallest absolute Gasteiger partial charge is 0.293 e. The molecule has 2 heterocycles. The fraction of sp³-hybridized carbons (Fsp3) is 0.429. The summed E-state index contributed by atoms with van der Waals surface area (Å²) in [6.45, 7) is 4.46. The highest BCUT2D eigenvalue weighted by molar-refractivity contribution is 7.89. The minimum atomic E-state index is -3.78. The van der Waals surface area contributed by atoms with Crippen molar-refractivity contribution < 1.29 is 13.3 Å². The van der Waals surface area contributed by atoms with E-state index in [0.29, 0.717) is 63.1 Å². The van der Waals surface area contributed by atoms with Crippen molar-refractivity contribution in [3.63, 3.8) is 0 Å². The summed E-state index contributed by atoms with van der Waals surface area (Å²) in [6.07, 6.45) is 0. The van der Waals surface area contributed by atoms with E-state index in [1.54, 1.807) is 6.07 Å². The Hall–Kier alpha value is -2.40. The molecule has 2 aliphatic rings. The summed E-state index contributed by atoms with van der Waals surface area (Å²) in [4.78, 5) is 17.4. The molecule has 4 rings (SSSR count). The Balaban J connectivity index is 1.54. The Kier molecular flexibility index (Phi) is 6.57. The SMILES string of the molecule is CN1CCN(S(=O)(=O)c2ccc(N3CCN(c4ccccc4Cl)CC3)c([N+](=O)[O-])c2)CC1. The van der Waals surface area contributed by atoms with Gasteiger partial charge in [0.2, 0.25) is 10.0 Å². The molecule has 0 radical (unpaired) electrons. The maximum Gasteiger partial charge on any atom is 0.293 e. The van der Waals surface area contributed by atoms with Crippen LogP contribution in [0.15, 0.2) is 47.4 Å². The molecule has 11 heteroatoms. The van der Waals surface area contributed by atoms with Gasteiger partial charge in [0, 0.05) is 58.4 Å². The highest BCUT2D eigenvalue weighted by atomic mass is 35.5. The summed E-state index contributed by atoms with van der Waals surface area (Å²) in [7, 11) is -1.84. The molecule has 0 spiro atoms. The van der Waals surface area contributed by atoms with E-state index in [2.05, 4.69) is 9.80 Å². The van der Waals surface area contributed by atoms with E-state index in [1.165, 1.54) is 16.4 Å². The van der Waals surface area contributed by atoms with Crippen molar-refractivity contribution in [2.45, 2.75) is 4.90 Å². The van der Waals surface area contributed by atoms with Gasteiger partial charge in [-0.05, 0) is 31.3 Å². The second-order valence-corrected chi connectivity index (χ2v) is 10.4. The van der Waals surface area contributed by atoms with Crippen molar-refractivity contribution in [1.82, 2.24) is 9.21 Å². The number of rotatable bonds is 5. The third kappa shape index (κ3) is 4.54. The first kappa shape index (κ1) is 22.8. The van der Waals surface area contributed by atoms with Crippen molar-refractivity contribution in [3.8, 4) is 0 Å². The van der Waals surface area contributed by atoms with Crippen LogP contribution in [0.3, 0.4) is 0 Å². The number of hydrogen-bond acceptors (Lipinski definition) is 7. The van der Waals surface area contributed by atoms with Crippen LogP contribution in [0.5, 0.6) is 0 Å². The number of nitro groups is 1. The molecule has 0 unspecified atom stereocenters. The van der Waals surface area contributed by atoms with E-state index in [1.807, 2.05) is 36.2 Å². The van der Waals surface area contributed by atoms with E-state index in [4.69, 9.17) is 11.6 Å². The highest BCUT2D eigenvalue weighted by Crippen LogP contribution is 2.34. The molecule has 0 N–H and O–H groups in total. The third-order valence-electron chi connectivity index (χ3n) is 6.06. The van der Waals surface area contributed by atoms with E-state index in [-0.39, 0.29) is 10.6 Å². The number of likely N-dealkylation sites (N-methyl/N-ethyl adjacent to an activating group) is 1. The minimum absolute atomic E-state index is 0.0350. The van der Waals surface area contributed by atoms with E-state index in [0.717, 1.165) is 5.69 Å². The number of benzene rings is 2. The Labute approximate surface area is 193 Å². The van der Waals surface area contributed by atoms with Crippen LogP contribution in [0.25, 0.3) is 0 Å². The highest BCUT2D eigenvalue weighted by Gasteiger charge is 2.31. The Morgan fingerprint density at radius 2 is 1.47 bits per heavy atom. The first-order valence-corrected chi connectivity index (χ1v) is 12.3. The number of piperazine rings is 2. The lowest BCUT2D eigenvalue weighted by Crippen LogP contribution is -2.47. The van der Waals surface area contributed by atoms with Gasteiger partial charge in [0.1, 0.15) is 5.69 Å². The lowest BCUT2D eigenvalue weighted by atomic mass is 10.2. The molecule has 2 saturated heterocycles. The van der Waals surface area contributed by atoms with Gasteiger partial charge in [0.05, 0.1) is 20.5 Å². The van der Waals surface area contributed by atoms with Crippen molar-refractivity contribution in [2.24, 2.45) is 0 Å². The first-order valence-electron chi connectivity index (χ1n) is 10.5. The first-order chi connectivity index (χ1) is 15.3. The van der Waals surface area contributed by atoms with Crippen LogP contribution in [0.4, 0.5) is 17.1 Å². The summed E-state index contributed by atoms with van der Waals surface area (Å²) in [5.74, 6) is 0. The molecule has 9 nitrogen and oxygen atoms in total. The molecule has 172 valence electrons. The lowest BCUT2D eigenvalue weighted by molar-refractivity contribution is -0.384. The normalized spacial score (nSPS) is 18.7. The number of nitro benzene ring substituents is 1. The Bertz CT molecular complexity index is 1100. The molecule has 2 aliphatic heterocycles. The summed E-state index contributed by atoms with van der Waals surface area (Å²) >= 11 is 6.30. The van der Waals surface area contributed by atoms with Gasteiger partial charge in [-0.25, -0.2) is 8.42 Å². The second-order valence-electron chi connectivity index (χ2n) is 8.04. The second kappa shape index (κ2) is 9.22. The van der Waals surface area contributed by atoms with Gasteiger partial charge < -0.3 is 14.7 Å². The average molecular weight is 480 g/mol. The number of anilines is 2. The average Bonchev–Trinajstić information content (AvgIpc) is 2.79. The van der Waals surface area contributed by atoms with Crippen molar-refractivity contribution >= 4 is 38.7 Å². The molecular weight excluding hydrogens is 454 g/mol. The number of nitrogens with zero attached hydrogens (tertiary/aromatic N) is 5. The molecule has 2 aromatic carbocycles. The van der Waals surface area contributed by atoms with Crippen LogP contribution in [0.1, 0.15) is 0 Å². The van der Waals surface area contributed by atoms with E-state index < -0.39 is 14.9 Å². The lowest BCUT2D eigenvalue weighted by Gasteiger charge is -2.37. The molecule has 32 heavy (non-hydrogen) atoms. The van der Waals surface area contributed by atoms with Gasteiger partial charge in [-0.1, -0.05) is 23.7 Å². The van der Waals surface area contributed by atoms with E-state index in [9.17, 15) is 18.5 Å². The zero-order valence-electron chi connectivity index (χ0n) is 17.9. The van der Waals surface area contributed by atoms with Crippen LogP contribution in [-0.2, 0) is 10.0 Å². The molecule has 0 aromatic heterocycles. The topological polar surface area (TPSA) is 90.2 Å². The van der Waals surface area contributed by atoms with Crippen molar-refractivity contribution in [3.05, 3.63) is 57.6 Å². The predicted octanol–water partition coefficient (Wildman–Crippen LogP) is 2.51. The van der Waals surface area contributed by atoms with Crippen LogP contribution in [0, 0.1) is 10.1 Å². The molecule has 0 amide bonds. The van der Waals surface area contributed by atoms with Crippen molar-refractivity contribution in [1.29, 1.82) is 0 Å². The monoisotopic (exact) mass is 479 g/mol. The van der Waals surface area contributed by atoms with Crippen LogP contribution in [-0.4, -0.2) is 82.0 Å². The third-order valence-corrected chi connectivity index (χ3v) is 8.27. The fourth-order valence-electron chi connectivity index (χ4n) is 4.15. The summed E-state index contributed by atoms with van der Waals surface area (Å²) in [5, 5.41) is 12.5. The minimum Gasteiger partial charge on any atom is -0.367 e. The summed E-state index contributed by atoms with van der Waals surface area (Å²) < 4.78 is 27.5. The Morgan fingerprint density at radius 1 is 0.875 bits per heavy atom. The van der Waals surface area contributed by atoms with Crippen LogP contribution < -0.4 is 9.80 Å². The maximum atomic E-state index is 13.0. The standard InChI is InChI=1S/C21H26ClN5O4S/c1-23-8-14-26(15-9-23)32(30,31)17-6-7-20(21(16-17)27(28)29)25-12-10-24(11-13-25)19-5-3-2-4-18(19)22/h2-7,16H,8-15H2,1H3. The predicted molar refractivity (Wildman–Crippen MR) is 125 cm³/mol. The van der Waals surface area contributed by atoms with Gasteiger partial charge in [-0.15, -0.1) is 0 Å². The number of sulfonamides is 1. The van der Waals surface area contributed by atoms with Crippen LogP contribution in [0.2, 0.25) is 5.02 Å². The summed E-state index contributed by atoms with van der Waals surface area (Å²) in [5.41, 5.74) is 1.19. The molecule has 2 aromatic rings. The Morgan fingerprint density at radius 3 is 2.06 bits per heavy atom. The molecule has 0 bridgehead atoms. The van der Waals surface area contributed by atoms with Gasteiger partial charge in [0.15, 0.2) is 0 Å². The van der Waals surface area contributed by atoms with Crippen molar-refractivity contribution in [2.75, 3.05) is 69.2 Å². The van der Waals surface area contributed by atoms with Gasteiger partial charge in [-0.2, -0.15) is 4.31 Å². The number of para-hydroxylation sites is 1. The van der Waals surface area contributed by atoms with Gasteiger partial charge in [-0.3, -0.25) is 10.1 Å². The van der Waals surface area contributed by atoms with Gasteiger partial charge in [0.25, 0.3) is 5.69 Å². The number of halogens is 1. The summed E-state index contributed by atoms with van der Waals surface area (Å²) in [6, 6.07) is 11.8. The largest absolute Gasteiger partial charge is 0.367 e. The van der Waals surface area contributed by atoms with Gasteiger partial charge >= 0.3 is 0 Å². The fourth-order valence-corrected chi connectivity index (χ4v) is 5.85. The number of hydrogen-bond donors (Lipinski definition) is 0. The molecule has 0 saturated carbocycles. The molecular formula is C21H26ClN5O4S. The van der Waals surface area contributed by atoms with Crippen LogP contribution >= 0.6 is 11.6 Å².